The van der Waals surface area contributed by atoms with Gasteiger partial charge in [0.15, 0.2) is 9.84 Å². The number of hydrogen-bond donors (Lipinski definition) is 2. The quantitative estimate of drug-likeness (QED) is 0.904. The lowest BCUT2D eigenvalue weighted by Gasteiger charge is -2.13. The topological polar surface area (TPSA) is 66.4 Å². The van der Waals surface area contributed by atoms with E-state index in [0.29, 0.717) is 22.8 Å². The molecule has 0 unspecified atom stereocenters. The van der Waals surface area contributed by atoms with Gasteiger partial charge in [0, 0.05) is 29.1 Å². The molecular formula is C15H16ClNO3S. The predicted octanol–water partition coefficient (Wildman–Crippen LogP) is 3.37. The third-order valence-electron chi connectivity index (χ3n) is 3.19. The van der Waals surface area contributed by atoms with Gasteiger partial charge in [0.2, 0.25) is 0 Å². The molecule has 0 aliphatic rings. The van der Waals surface area contributed by atoms with E-state index in [-0.39, 0.29) is 10.6 Å². The number of anilines is 1. The highest BCUT2D eigenvalue weighted by atomic mass is 35.5. The highest BCUT2D eigenvalue weighted by Crippen LogP contribution is 2.27. The molecule has 0 aromatic heterocycles. The molecule has 0 aliphatic heterocycles. The Labute approximate surface area is 129 Å². The number of aryl methyl sites for hydroxylation is 1. The van der Waals surface area contributed by atoms with Gasteiger partial charge in [0.25, 0.3) is 0 Å². The molecule has 2 aromatic carbocycles. The van der Waals surface area contributed by atoms with Crippen molar-refractivity contribution in [2.45, 2.75) is 18.4 Å². The average molecular weight is 326 g/mol. The normalized spacial score (nSPS) is 11.4. The first-order valence-corrected chi connectivity index (χ1v) is 8.57. The maximum atomic E-state index is 11.6. The minimum atomic E-state index is -3.26. The monoisotopic (exact) mass is 325 g/mol. The SMILES string of the molecule is Cc1ccc(S(C)(=O)=O)cc1NCc1c(O)cccc1Cl. The van der Waals surface area contributed by atoms with Crippen LogP contribution >= 0.6 is 11.6 Å². The van der Waals surface area contributed by atoms with Crippen molar-refractivity contribution in [2.24, 2.45) is 0 Å². The van der Waals surface area contributed by atoms with Crippen LogP contribution in [0.15, 0.2) is 41.3 Å². The first kappa shape index (κ1) is 15.7. The summed E-state index contributed by atoms with van der Waals surface area (Å²) in [4.78, 5) is 0.249. The Morgan fingerprint density at radius 3 is 2.57 bits per heavy atom. The summed E-state index contributed by atoms with van der Waals surface area (Å²) in [6.07, 6.45) is 1.17. The van der Waals surface area contributed by atoms with Crippen molar-refractivity contribution >= 4 is 27.1 Å². The average Bonchev–Trinajstić information content (AvgIpc) is 2.38. The largest absolute Gasteiger partial charge is 0.508 e. The van der Waals surface area contributed by atoms with Gasteiger partial charge in [-0.1, -0.05) is 23.7 Å². The summed E-state index contributed by atoms with van der Waals surface area (Å²) < 4.78 is 23.2. The fourth-order valence-electron chi connectivity index (χ4n) is 1.93. The molecule has 0 saturated carbocycles. The van der Waals surface area contributed by atoms with Gasteiger partial charge in [-0.25, -0.2) is 8.42 Å². The zero-order valence-corrected chi connectivity index (χ0v) is 13.3. The fraction of sp³-hybridized carbons (Fsp3) is 0.200. The van der Waals surface area contributed by atoms with Crippen LogP contribution in [-0.4, -0.2) is 19.8 Å². The molecule has 0 bridgehead atoms. The zero-order chi connectivity index (χ0) is 15.6. The van der Waals surface area contributed by atoms with Gasteiger partial charge >= 0.3 is 0 Å². The van der Waals surface area contributed by atoms with E-state index in [9.17, 15) is 13.5 Å². The molecule has 21 heavy (non-hydrogen) atoms. The Bertz CT molecular complexity index is 752. The lowest BCUT2D eigenvalue weighted by Crippen LogP contribution is -2.04. The molecule has 2 aromatic rings. The fourth-order valence-corrected chi connectivity index (χ4v) is 2.81. The van der Waals surface area contributed by atoms with Crippen LogP contribution in [0.5, 0.6) is 5.75 Å². The van der Waals surface area contributed by atoms with Crippen LogP contribution in [0.3, 0.4) is 0 Å². The van der Waals surface area contributed by atoms with Crippen molar-refractivity contribution in [3.8, 4) is 5.75 Å². The molecule has 4 nitrogen and oxygen atoms in total. The first-order valence-electron chi connectivity index (χ1n) is 6.30. The molecule has 0 fully saturated rings. The van der Waals surface area contributed by atoms with Crippen LogP contribution in [0, 0.1) is 6.92 Å². The van der Waals surface area contributed by atoms with E-state index in [0.717, 1.165) is 5.56 Å². The summed E-state index contributed by atoms with van der Waals surface area (Å²) in [6, 6.07) is 9.81. The summed E-state index contributed by atoms with van der Waals surface area (Å²) in [6.45, 7) is 2.18. The Hall–Kier alpha value is -1.72. The second-order valence-corrected chi connectivity index (χ2v) is 7.26. The van der Waals surface area contributed by atoms with E-state index in [1.807, 2.05) is 6.92 Å². The number of nitrogens with one attached hydrogen (secondary N) is 1. The Kier molecular flexibility index (Phi) is 4.44. The van der Waals surface area contributed by atoms with Crippen molar-refractivity contribution in [1.82, 2.24) is 0 Å². The second kappa shape index (κ2) is 5.95. The van der Waals surface area contributed by atoms with E-state index < -0.39 is 9.84 Å². The Balaban J connectivity index is 2.28. The predicted molar refractivity (Wildman–Crippen MR) is 84.7 cm³/mol. The van der Waals surface area contributed by atoms with Crippen molar-refractivity contribution in [2.75, 3.05) is 11.6 Å². The lowest BCUT2D eigenvalue weighted by atomic mass is 10.1. The van der Waals surface area contributed by atoms with E-state index in [2.05, 4.69) is 5.32 Å². The van der Waals surface area contributed by atoms with Crippen LogP contribution in [-0.2, 0) is 16.4 Å². The number of aromatic hydroxyl groups is 1. The minimum absolute atomic E-state index is 0.104. The van der Waals surface area contributed by atoms with Crippen molar-refractivity contribution < 1.29 is 13.5 Å². The van der Waals surface area contributed by atoms with Gasteiger partial charge in [-0.3, -0.25) is 0 Å². The summed E-state index contributed by atoms with van der Waals surface area (Å²) in [5, 5.41) is 13.4. The highest BCUT2D eigenvalue weighted by Gasteiger charge is 2.11. The maximum Gasteiger partial charge on any atom is 0.175 e. The van der Waals surface area contributed by atoms with E-state index >= 15 is 0 Å². The van der Waals surface area contributed by atoms with E-state index in [1.165, 1.54) is 6.26 Å². The van der Waals surface area contributed by atoms with Gasteiger partial charge in [0.05, 0.1) is 4.90 Å². The number of phenolic OH excluding ortho intramolecular Hbond substituents is 1. The van der Waals surface area contributed by atoms with E-state index in [1.54, 1.807) is 36.4 Å². The molecule has 0 radical (unpaired) electrons. The van der Waals surface area contributed by atoms with Gasteiger partial charge < -0.3 is 10.4 Å². The van der Waals surface area contributed by atoms with Gasteiger partial charge in [-0.2, -0.15) is 0 Å². The molecule has 6 heteroatoms. The standard InChI is InChI=1S/C15H16ClNO3S/c1-10-6-7-11(21(2,19)20)8-14(10)17-9-12-13(16)4-3-5-15(12)18/h3-8,17-18H,9H2,1-2H3. The Morgan fingerprint density at radius 2 is 1.95 bits per heavy atom. The highest BCUT2D eigenvalue weighted by molar-refractivity contribution is 7.90. The summed E-state index contributed by atoms with van der Waals surface area (Å²) in [5.74, 6) is 0.104. The molecule has 112 valence electrons. The molecule has 0 heterocycles. The number of rotatable bonds is 4. The zero-order valence-electron chi connectivity index (χ0n) is 11.7. The van der Waals surface area contributed by atoms with Gasteiger partial charge in [-0.15, -0.1) is 0 Å². The minimum Gasteiger partial charge on any atom is -0.508 e. The lowest BCUT2D eigenvalue weighted by molar-refractivity contribution is 0.469. The number of phenols is 1. The maximum absolute atomic E-state index is 11.6. The smallest absolute Gasteiger partial charge is 0.175 e. The molecule has 0 aliphatic carbocycles. The summed E-state index contributed by atoms with van der Waals surface area (Å²) >= 11 is 6.04. The van der Waals surface area contributed by atoms with Crippen LogP contribution in [0.4, 0.5) is 5.69 Å². The molecule has 0 spiro atoms. The van der Waals surface area contributed by atoms with Crippen LogP contribution in [0.2, 0.25) is 5.02 Å². The first-order chi connectivity index (χ1) is 9.79. The molecular weight excluding hydrogens is 310 g/mol. The molecule has 0 amide bonds. The summed E-state index contributed by atoms with van der Waals surface area (Å²) in [5.41, 5.74) is 2.18. The van der Waals surface area contributed by atoms with Crippen molar-refractivity contribution in [3.63, 3.8) is 0 Å². The second-order valence-electron chi connectivity index (χ2n) is 4.84. The van der Waals surface area contributed by atoms with Crippen molar-refractivity contribution in [1.29, 1.82) is 0 Å². The van der Waals surface area contributed by atoms with Crippen LogP contribution in [0.1, 0.15) is 11.1 Å². The third-order valence-corrected chi connectivity index (χ3v) is 4.65. The van der Waals surface area contributed by atoms with Gasteiger partial charge in [0.1, 0.15) is 5.75 Å². The Morgan fingerprint density at radius 1 is 1.24 bits per heavy atom. The molecule has 2 N–H and O–H groups in total. The number of benzene rings is 2. The molecule has 0 atom stereocenters. The molecule has 0 saturated heterocycles. The van der Waals surface area contributed by atoms with Gasteiger partial charge in [-0.05, 0) is 36.8 Å². The van der Waals surface area contributed by atoms with E-state index in [4.69, 9.17) is 11.6 Å². The third kappa shape index (κ3) is 3.68. The number of sulfone groups is 1. The molecule has 2 rings (SSSR count). The van der Waals surface area contributed by atoms with Crippen LogP contribution < -0.4 is 5.32 Å². The van der Waals surface area contributed by atoms with Crippen LogP contribution in [0.25, 0.3) is 0 Å². The number of halogens is 1. The number of hydrogen-bond acceptors (Lipinski definition) is 4. The van der Waals surface area contributed by atoms with Crippen molar-refractivity contribution in [3.05, 3.63) is 52.5 Å². The summed E-state index contributed by atoms with van der Waals surface area (Å²) in [7, 11) is -3.26.